The number of carbonyl (C=O) groups excluding carboxylic acids is 3. The number of ether oxygens (including phenoxy) is 1. The fraction of sp³-hybridized carbons (Fsp3) is 0.107. The lowest BCUT2D eigenvalue weighted by molar-refractivity contribution is -0.137. The molecule has 0 fully saturated rings. The summed E-state index contributed by atoms with van der Waals surface area (Å²) in [6, 6.07) is 14.6. The van der Waals surface area contributed by atoms with Gasteiger partial charge in [-0.25, -0.2) is 14.8 Å². The Morgan fingerprint density at radius 2 is 1.51 bits per heavy atom. The molecule has 4 rings (SSSR count). The molecule has 13 heteroatoms. The molecule has 0 unspecified atom stereocenters. The summed E-state index contributed by atoms with van der Waals surface area (Å²) < 4.78 is 44.0. The molecule has 0 spiro atoms. The SMILES string of the molecule is CCOC(=O)c1cccc(Nc2ncc(NC(=O)c3cc(NC(=O)c4cccc(C(F)(F)F)c4)ccc3Cl)cn2)c1. The monoisotopic (exact) mass is 583 g/mol. The maximum atomic E-state index is 13.0. The average molecular weight is 584 g/mol. The summed E-state index contributed by atoms with van der Waals surface area (Å²) in [4.78, 5) is 45.6. The highest BCUT2D eigenvalue weighted by Crippen LogP contribution is 2.30. The zero-order valence-corrected chi connectivity index (χ0v) is 22.0. The first-order valence-corrected chi connectivity index (χ1v) is 12.4. The van der Waals surface area contributed by atoms with Gasteiger partial charge in [-0.3, -0.25) is 9.59 Å². The lowest BCUT2D eigenvalue weighted by Gasteiger charge is -2.11. The molecule has 4 aromatic rings. The molecule has 3 aromatic carbocycles. The lowest BCUT2D eigenvalue weighted by atomic mass is 10.1. The van der Waals surface area contributed by atoms with Crippen LogP contribution in [-0.2, 0) is 10.9 Å². The van der Waals surface area contributed by atoms with Crippen LogP contribution in [0.15, 0.2) is 79.1 Å². The second-order valence-corrected chi connectivity index (χ2v) is 8.81. The van der Waals surface area contributed by atoms with E-state index in [4.69, 9.17) is 16.3 Å². The molecule has 0 aliphatic rings. The predicted molar refractivity (Wildman–Crippen MR) is 147 cm³/mol. The minimum atomic E-state index is -4.60. The molecular weight excluding hydrogens is 563 g/mol. The van der Waals surface area contributed by atoms with Crippen molar-refractivity contribution in [1.29, 1.82) is 0 Å². The number of aromatic nitrogens is 2. The standard InChI is InChI=1S/C28H21ClF3N5O4/c1-2-41-26(40)17-6-4-8-19(12-17)37-27-33-14-21(15-34-27)36-25(39)22-13-20(9-10-23(22)29)35-24(38)16-5-3-7-18(11-16)28(30,31)32/h3-15H,2H2,1H3,(H,35,38)(H,36,39)(H,33,34,37). The van der Waals surface area contributed by atoms with Gasteiger partial charge in [-0.15, -0.1) is 0 Å². The molecule has 2 amide bonds. The molecule has 1 heterocycles. The molecular formula is C28H21ClF3N5O4. The van der Waals surface area contributed by atoms with E-state index in [0.29, 0.717) is 11.3 Å². The van der Waals surface area contributed by atoms with Crippen LogP contribution in [0.4, 0.5) is 36.2 Å². The molecule has 0 bridgehead atoms. The third-order valence-corrected chi connectivity index (χ3v) is 5.79. The van der Waals surface area contributed by atoms with Crippen molar-refractivity contribution in [3.63, 3.8) is 0 Å². The number of benzene rings is 3. The summed E-state index contributed by atoms with van der Waals surface area (Å²) in [7, 11) is 0. The first-order chi connectivity index (χ1) is 19.5. The van der Waals surface area contributed by atoms with Gasteiger partial charge in [-0.2, -0.15) is 13.2 Å². The van der Waals surface area contributed by atoms with E-state index in [1.807, 2.05) is 0 Å². The van der Waals surface area contributed by atoms with Gasteiger partial charge in [0.2, 0.25) is 5.95 Å². The van der Waals surface area contributed by atoms with Crippen LogP contribution in [0.25, 0.3) is 0 Å². The molecule has 9 nitrogen and oxygen atoms in total. The molecule has 0 saturated carbocycles. The molecule has 1 aromatic heterocycles. The van der Waals surface area contributed by atoms with Crippen molar-refractivity contribution >= 4 is 52.4 Å². The van der Waals surface area contributed by atoms with Gasteiger partial charge in [0, 0.05) is 16.9 Å². The Morgan fingerprint density at radius 1 is 0.829 bits per heavy atom. The van der Waals surface area contributed by atoms with E-state index in [2.05, 4.69) is 25.9 Å². The minimum Gasteiger partial charge on any atom is -0.462 e. The zero-order chi connectivity index (χ0) is 29.6. The number of carbonyl (C=O) groups is 3. The third-order valence-electron chi connectivity index (χ3n) is 5.46. The van der Waals surface area contributed by atoms with Crippen molar-refractivity contribution in [3.8, 4) is 0 Å². The Bertz CT molecular complexity index is 1600. The zero-order valence-electron chi connectivity index (χ0n) is 21.3. The Kier molecular flexibility index (Phi) is 8.83. The number of esters is 1. The summed E-state index contributed by atoms with van der Waals surface area (Å²) in [6.45, 7) is 1.96. The van der Waals surface area contributed by atoms with E-state index >= 15 is 0 Å². The van der Waals surface area contributed by atoms with E-state index in [9.17, 15) is 27.6 Å². The smallest absolute Gasteiger partial charge is 0.416 e. The topological polar surface area (TPSA) is 122 Å². The second-order valence-electron chi connectivity index (χ2n) is 8.40. The van der Waals surface area contributed by atoms with Gasteiger partial charge in [0.1, 0.15) is 0 Å². The van der Waals surface area contributed by atoms with Crippen LogP contribution < -0.4 is 16.0 Å². The highest BCUT2D eigenvalue weighted by molar-refractivity contribution is 6.34. The largest absolute Gasteiger partial charge is 0.462 e. The highest BCUT2D eigenvalue weighted by atomic mass is 35.5. The molecule has 0 atom stereocenters. The van der Waals surface area contributed by atoms with Gasteiger partial charge in [0.05, 0.1) is 46.4 Å². The fourth-order valence-electron chi connectivity index (χ4n) is 3.54. The fourth-order valence-corrected chi connectivity index (χ4v) is 3.74. The Morgan fingerprint density at radius 3 is 2.22 bits per heavy atom. The quantitative estimate of drug-likeness (QED) is 0.200. The number of nitrogens with one attached hydrogen (secondary N) is 3. The molecule has 0 aliphatic carbocycles. The number of anilines is 4. The van der Waals surface area contributed by atoms with Crippen LogP contribution in [0.5, 0.6) is 0 Å². The summed E-state index contributed by atoms with van der Waals surface area (Å²) in [5, 5.41) is 8.07. The van der Waals surface area contributed by atoms with Gasteiger partial charge >= 0.3 is 12.1 Å². The summed E-state index contributed by atoms with van der Waals surface area (Å²) in [6.07, 6.45) is -1.92. The van der Waals surface area contributed by atoms with Crippen LogP contribution in [0, 0.1) is 0 Å². The Balaban J connectivity index is 1.42. The van der Waals surface area contributed by atoms with Crippen LogP contribution in [0.3, 0.4) is 0 Å². The predicted octanol–water partition coefficient (Wildman–Crippen LogP) is 6.57. The molecule has 0 saturated heterocycles. The molecule has 3 N–H and O–H groups in total. The van der Waals surface area contributed by atoms with Gasteiger partial charge < -0.3 is 20.7 Å². The van der Waals surface area contributed by atoms with Crippen molar-refractivity contribution in [2.75, 3.05) is 22.6 Å². The minimum absolute atomic E-state index is 0.00788. The van der Waals surface area contributed by atoms with Gasteiger partial charge in [0.15, 0.2) is 0 Å². The second kappa shape index (κ2) is 12.5. The molecule has 210 valence electrons. The van der Waals surface area contributed by atoms with Gasteiger partial charge in [-0.05, 0) is 61.5 Å². The maximum Gasteiger partial charge on any atom is 0.416 e. The number of amides is 2. The summed E-state index contributed by atoms with van der Waals surface area (Å²) in [5.41, 5.74) is 0.0905. The Hall–Kier alpha value is -4.97. The molecule has 0 aliphatic heterocycles. The van der Waals surface area contributed by atoms with Crippen molar-refractivity contribution in [1.82, 2.24) is 9.97 Å². The Labute approximate surface area is 236 Å². The third kappa shape index (κ3) is 7.57. The van der Waals surface area contributed by atoms with Crippen LogP contribution >= 0.6 is 11.6 Å². The molecule has 41 heavy (non-hydrogen) atoms. The lowest BCUT2D eigenvalue weighted by Crippen LogP contribution is -2.16. The number of halogens is 4. The number of alkyl halides is 3. The van der Waals surface area contributed by atoms with Crippen LogP contribution in [0.1, 0.15) is 43.6 Å². The van der Waals surface area contributed by atoms with Gasteiger partial charge in [0.25, 0.3) is 11.8 Å². The van der Waals surface area contributed by atoms with E-state index in [1.165, 1.54) is 36.7 Å². The average Bonchev–Trinajstić information content (AvgIpc) is 2.95. The maximum absolute atomic E-state index is 13.0. The van der Waals surface area contributed by atoms with Crippen LogP contribution in [-0.4, -0.2) is 34.4 Å². The van der Waals surface area contributed by atoms with Crippen molar-refractivity contribution in [2.45, 2.75) is 13.1 Å². The number of hydrogen-bond acceptors (Lipinski definition) is 7. The van der Waals surface area contributed by atoms with Crippen LogP contribution in [0.2, 0.25) is 5.02 Å². The van der Waals surface area contributed by atoms with E-state index in [1.54, 1.807) is 31.2 Å². The van der Waals surface area contributed by atoms with E-state index < -0.39 is 29.5 Å². The van der Waals surface area contributed by atoms with Gasteiger partial charge in [-0.1, -0.05) is 23.7 Å². The number of hydrogen-bond donors (Lipinski definition) is 3. The summed E-state index contributed by atoms with van der Waals surface area (Å²) >= 11 is 6.18. The van der Waals surface area contributed by atoms with Crippen molar-refractivity contribution in [3.05, 3.63) is 106 Å². The first-order valence-electron chi connectivity index (χ1n) is 12.0. The van der Waals surface area contributed by atoms with Crippen molar-refractivity contribution < 1.29 is 32.3 Å². The summed E-state index contributed by atoms with van der Waals surface area (Å²) in [5.74, 6) is -1.71. The number of nitrogens with zero attached hydrogens (tertiary/aromatic N) is 2. The van der Waals surface area contributed by atoms with E-state index in [0.717, 1.165) is 18.2 Å². The first kappa shape index (κ1) is 29.0. The molecule has 0 radical (unpaired) electrons. The normalized spacial score (nSPS) is 11.0. The van der Waals surface area contributed by atoms with E-state index in [-0.39, 0.29) is 40.1 Å². The number of rotatable bonds is 8. The van der Waals surface area contributed by atoms with Crippen molar-refractivity contribution in [2.24, 2.45) is 0 Å². The highest BCUT2D eigenvalue weighted by Gasteiger charge is 2.31.